The Labute approximate surface area is 84.5 Å². The molecule has 3 heteroatoms. The quantitative estimate of drug-likeness (QED) is 0.345. The maximum Gasteiger partial charge on any atom is 0.0493 e. The molecule has 4 aliphatic carbocycles. The average molecular weight is 191 g/mol. The van der Waals surface area contributed by atoms with Gasteiger partial charge in [-0.25, -0.2) is 0 Å². The highest BCUT2D eigenvalue weighted by Gasteiger charge is 2.47. The molecule has 0 amide bonds. The van der Waals surface area contributed by atoms with Crippen LogP contribution in [0.3, 0.4) is 0 Å². The summed E-state index contributed by atoms with van der Waals surface area (Å²) < 4.78 is 0. The number of rotatable bonds is 1. The van der Waals surface area contributed by atoms with E-state index < -0.39 is 0 Å². The summed E-state index contributed by atoms with van der Waals surface area (Å²) in [4.78, 5) is 3.09. The Morgan fingerprint density at radius 3 is 2.36 bits per heavy atom. The third-order valence-electron chi connectivity index (χ3n) is 4.61. The van der Waals surface area contributed by atoms with Crippen molar-refractivity contribution in [2.75, 3.05) is 0 Å². The van der Waals surface area contributed by atoms with Crippen LogP contribution in [0.15, 0.2) is 5.11 Å². The molecule has 4 atom stereocenters. The van der Waals surface area contributed by atoms with E-state index in [4.69, 9.17) is 5.53 Å². The minimum absolute atomic E-state index is 0.0353. The van der Waals surface area contributed by atoms with Gasteiger partial charge >= 0.3 is 0 Å². The van der Waals surface area contributed by atoms with Crippen molar-refractivity contribution in [3.8, 4) is 0 Å². The summed E-state index contributed by atoms with van der Waals surface area (Å²) >= 11 is 0. The van der Waals surface area contributed by atoms with E-state index in [1.54, 1.807) is 0 Å². The van der Waals surface area contributed by atoms with Gasteiger partial charge in [-0.15, -0.1) is 0 Å². The van der Waals surface area contributed by atoms with Crippen LogP contribution >= 0.6 is 0 Å². The zero-order chi connectivity index (χ0) is 9.60. The lowest BCUT2D eigenvalue weighted by molar-refractivity contribution is 0.117. The smallest absolute Gasteiger partial charge is 0.0493 e. The summed E-state index contributed by atoms with van der Waals surface area (Å²) in [7, 11) is 0. The van der Waals surface area contributed by atoms with Crippen LogP contribution in [0.4, 0.5) is 0 Å². The molecule has 0 heterocycles. The Bertz CT molecular complexity index is 279. The van der Waals surface area contributed by atoms with Gasteiger partial charge in [0.05, 0.1) is 0 Å². The molecular weight excluding hydrogens is 174 g/mol. The van der Waals surface area contributed by atoms with Crippen LogP contribution in [0.5, 0.6) is 0 Å². The molecule has 14 heavy (non-hydrogen) atoms. The van der Waals surface area contributed by atoms with Crippen LogP contribution in [0.25, 0.3) is 10.4 Å². The van der Waals surface area contributed by atoms with Crippen LogP contribution < -0.4 is 0 Å². The van der Waals surface area contributed by atoms with Gasteiger partial charge in [-0.1, -0.05) is 5.11 Å². The minimum atomic E-state index is 0.0353. The SMILES string of the molecule is [N-]=[N+]=NC12CCC3C[C@H](C[C@H](C3)C1)C2. The molecule has 4 rings (SSSR count). The van der Waals surface area contributed by atoms with Crippen LogP contribution in [0.2, 0.25) is 0 Å². The summed E-state index contributed by atoms with van der Waals surface area (Å²) in [5.74, 6) is 2.71. The first-order valence-electron chi connectivity index (χ1n) is 5.86. The molecule has 0 N–H and O–H groups in total. The van der Waals surface area contributed by atoms with E-state index >= 15 is 0 Å². The lowest BCUT2D eigenvalue weighted by Crippen LogP contribution is -2.37. The molecule has 0 aliphatic heterocycles. The molecule has 0 aromatic rings. The maximum absolute atomic E-state index is 8.68. The zero-order valence-corrected chi connectivity index (χ0v) is 8.52. The fraction of sp³-hybridized carbons (Fsp3) is 1.00. The molecule has 4 fully saturated rings. The van der Waals surface area contributed by atoms with Gasteiger partial charge in [0.15, 0.2) is 0 Å². The summed E-state index contributed by atoms with van der Waals surface area (Å²) in [5.41, 5.74) is 8.71. The first-order chi connectivity index (χ1) is 6.80. The van der Waals surface area contributed by atoms with Gasteiger partial charge < -0.3 is 0 Å². The Morgan fingerprint density at radius 2 is 1.71 bits per heavy atom. The summed E-state index contributed by atoms with van der Waals surface area (Å²) in [6.45, 7) is 0. The van der Waals surface area contributed by atoms with Crippen molar-refractivity contribution in [3.63, 3.8) is 0 Å². The van der Waals surface area contributed by atoms with Crippen LogP contribution in [-0.2, 0) is 0 Å². The van der Waals surface area contributed by atoms with Crippen LogP contribution in [0, 0.1) is 17.8 Å². The fourth-order valence-corrected chi connectivity index (χ4v) is 4.33. The van der Waals surface area contributed by atoms with Crippen LogP contribution in [0.1, 0.15) is 44.9 Å². The molecule has 3 nitrogen and oxygen atoms in total. The van der Waals surface area contributed by atoms with E-state index in [9.17, 15) is 0 Å². The van der Waals surface area contributed by atoms with Gasteiger partial charge in [0.2, 0.25) is 0 Å². The second kappa shape index (κ2) is 2.90. The summed E-state index contributed by atoms with van der Waals surface area (Å²) in [6.07, 6.45) is 9.09. The molecule has 4 saturated carbocycles. The largest absolute Gasteiger partial charge is 0.0872 e. The third-order valence-corrected chi connectivity index (χ3v) is 4.61. The van der Waals surface area contributed by atoms with Gasteiger partial charge in [0.25, 0.3) is 0 Å². The summed E-state index contributed by atoms with van der Waals surface area (Å²) in [6, 6.07) is 0. The van der Waals surface area contributed by atoms with E-state index in [0.29, 0.717) is 0 Å². The fourth-order valence-electron chi connectivity index (χ4n) is 4.33. The van der Waals surface area contributed by atoms with Gasteiger partial charge in [0.1, 0.15) is 0 Å². The molecule has 0 aromatic heterocycles. The average Bonchev–Trinajstić information content (AvgIpc) is 2.31. The van der Waals surface area contributed by atoms with Crippen molar-refractivity contribution in [2.24, 2.45) is 22.9 Å². The van der Waals surface area contributed by atoms with Gasteiger partial charge in [0, 0.05) is 10.5 Å². The maximum atomic E-state index is 8.68. The molecule has 0 aromatic carbocycles. The normalized spacial score (nSPS) is 49.9. The lowest BCUT2D eigenvalue weighted by atomic mass is 9.65. The standard InChI is InChI=1S/C11H17N3/c12-14-13-11-2-1-8-3-9(6-11)5-10(4-8)7-11/h8-10H,1-7H2/t8?,9-,10+,11?. The van der Waals surface area contributed by atoms with E-state index in [1.807, 2.05) is 0 Å². The van der Waals surface area contributed by atoms with E-state index in [2.05, 4.69) is 10.0 Å². The highest BCUT2D eigenvalue weighted by Crippen LogP contribution is 2.54. The minimum Gasteiger partial charge on any atom is -0.0872 e. The molecule has 4 bridgehead atoms. The van der Waals surface area contributed by atoms with Crippen molar-refractivity contribution in [1.82, 2.24) is 0 Å². The second-order valence-electron chi connectivity index (χ2n) is 5.67. The number of fused-ring (bicyclic) bond motifs is 1. The molecule has 2 unspecified atom stereocenters. The van der Waals surface area contributed by atoms with Crippen LogP contribution in [-0.4, -0.2) is 5.54 Å². The van der Waals surface area contributed by atoms with Gasteiger partial charge in [-0.05, 0) is 68.2 Å². The van der Waals surface area contributed by atoms with Crippen molar-refractivity contribution < 1.29 is 0 Å². The van der Waals surface area contributed by atoms with Crippen molar-refractivity contribution in [1.29, 1.82) is 0 Å². The third kappa shape index (κ3) is 1.23. The molecule has 0 saturated heterocycles. The van der Waals surface area contributed by atoms with E-state index in [-0.39, 0.29) is 5.54 Å². The predicted octanol–water partition coefficient (Wildman–Crippen LogP) is 3.66. The Hall–Kier alpha value is -0.690. The summed E-state index contributed by atoms with van der Waals surface area (Å²) in [5, 5.41) is 4.15. The molecule has 0 spiro atoms. The Kier molecular flexibility index (Phi) is 1.78. The van der Waals surface area contributed by atoms with Gasteiger partial charge in [-0.2, -0.15) is 0 Å². The van der Waals surface area contributed by atoms with Crippen molar-refractivity contribution in [2.45, 2.75) is 50.5 Å². The molecule has 0 radical (unpaired) electrons. The van der Waals surface area contributed by atoms with Gasteiger partial charge in [-0.3, -0.25) is 0 Å². The topological polar surface area (TPSA) is 48.8 Å². The van der Waals surface area contributed by atoms with Crippen molar-refractivity contribution in [3.05, 3.63) is 10.4 Å². The highest BCUT2D eigenvalue weighted by atomic mass is 15.2. The Balaban J connectivity index is 1.96. The van der Waals surface area contributed by atoms with E-state index in [0.717, 1.165) is 24.2 Å². The monoisotopic (exact) mass is 191 g/mol. The molecule has 76 valence electrons. The first-order valence-corrected chi connectivity index (χ1v) is 5.86. The van der Waals surface area contributed by atoms with Crippen molar-refractivity contribution >= 4 is 0 Å². The van der Waals surface area contributed by atoms with E-state index in [1.165, 1.54) is 38.5 Å². The number of nitrogens with zero attached hydrogens (tertiary/aromatic N) is 3. The number of azide groups is 1. The highest BCUT2D eigenvalue weighted by molar-refractivity contribution is 5.03. The lowest BCUT2D eigenvalue weighted by Gasteiger charge is -2.42. The number of hydrogen-bond acceptors (Lipinski definition) is 1. The predicted molar refractivity (Wildman–Crippen MR) is 54.7 cm³/mol. The zero-order valence-electron chi connectivity index (χ0n) is 8.52. The molecular formula is C11H17N3. The second-order valence-corrected chi connectivity index (χ2v) is 5.67. The Morgan fingerprint density at radius 1 is 1.07 bits per heavy atom. The number of hydrogen-bond donors (Lipinski definition) is 0. The molecule has 4 aliphatic rings. The first kappa shape index (κ1) is 8.60.